The van der Waals surface area contributed by atoms with Gasteiger partial charge in [-0.05, 0) is 0 Å². The highest BCUT2D eigenvalue weighted by Crippen LogP contribution is 1.98. The molecule has 0 aliphatic carbocycles. The van der Waals surface area contributed by atoms with Crippen LogP contribution in [0, 0.1) is 0 Å². The van der Waals surface area contributed by atoms with Crippen LogP contribution in [0.2, 0.25) is 0 Å². The predicted octanol–water partition coefficient (Wildman–Crippen LogP) is 0.106. The number of hydrogen-bond acceptors (Lipinski definition) is 3. The molecule has 1 fully saturated rings. The fourth-order valence-corrected chi connectivity index (χ4v) is 1.36. The summed E-state index contributed by atoms with van der Waals surface area (Å²) in [6.45, 7) is 9.97. The first kappa shape index (κ1) is 7.98. The van der Waals surface area contributed by atoms with Crippen molar-refractivity contribution in [2.45, 2.75) is 13.8 Å². The van der Waals surface area contributed by atoms with Gasteiger partial charge in [0.05, 0.1) is 6.67 Å². The summed E-state index contributed by atoms with van der Waals surface area (Å²) >= 11 is 0. The zero-order valence-electron chi connectivity index (χ0n) is 6.93. The van der Waals surface area contributed by atoms with Crippen LogP contribution in [-0.2, 0) is 0 Å². The molecular formula is C7H17N3. The van der Waals surface area contributed by atoms with Gasteiger partial charge in [-0.15, -0.1) is 0 Å². The zero-order chi connectivity index (χ0) is 7.40. The highest BCUT2D eigenvalue weighted by Gasteiger charge is 2.15. The molecule has 0 saturated carbocycles. The maximum absolute atomic E-state index is 3.31. The van der Waals surface area contributed by atoms with E-state index < -0.39 is 0 Å². The van der Waals surface area contributed by atoms with Gasteiger partial charge in [0.1, 0.15) is 0 Å². The second-order valence-electron chi connectivity index (χ2n) is 2.53. The van der Waals surface area contributed by atoms with Gasteiger partial charge in [0.15, 0.2) is 0 Å². The van der Waals surface area contributed by atoms with E-state index in [1.807, 2.05) is 0 Å². The van der Waals surface area contributed by atoms with Gasteiger partial charge in [0.25, 0.3) is 0 Å². The van der Waals surface area contributed by atoms with Crippen LogP contribution in [-0.4, -0.2) is 42.9 Å². The van der Waals surface area contributed by atoms with E-state index in [2.05, 4.69) is 29.2 Å². The largest absolute Gasteiger partial charge is 0.302 e. The number of nitrogens with zero attached hydrogens (tertiary/aromatic N) is 2. The van der Waals surface area contributed by atoms with Crippen molar-refractivity contribution in [3.8, 4) is 0 Å². The van der Waals surface area contributed by atoms with Crippen molar-refractivity contribution in [3.05, 3.63) is 0 Å². The first-order chi connectivity index (χ1) is 4.88. The molecule has 0 aromatic carbocycles. The smallest absolute Gasteiger partial charge is 0.0624 e. The molecule has 1 aliphatic rings. The molecule has 1 heterocycles. The van der Waals surface area contributed by atoms with E-state index in [1.54, 1.807) is 0 Å². The van der Waals surface area contributed by atoms with Gasteiger partial charge in [-0.25, -0.2) is 10.0 Å². The summed E-state index contributed by atoms with van der Waals surface area (Å²) < 4.78 is 0. The summed E-state index contributed by atoms with van der Waals surface area (Å²) in [7, 11) is 0. The monoisotopic (exact) mass is 143 g/mol. The van der Waals surface area contributed by atoms with Crippen LogP contribution in [0.4, 0.5) is 0 Å². The van der Waals surface area contributed by atoms with Crippen LogP contribution in [0.1, 0.15) is 13.8 Å². The minimum absolute atomic E-state index is 1.03. The molecule has 0 radical (unpaired) electrons. The summed E-state index contributed by atoms with van der Waals surface area (Å²) in [6, 6.07) is 0. The third-order valence-corrected chi connectivity index (χ3v) is 1.97. The predicted molar refractivity (Wildman–Crippen MR) is 42.5 cm³/mol. The first-order valence-electron chi connectivity index (χ1n) is 4.09. The van der Waals surface area contributed by atoms with Gasteiger partial charge in [-0.2, -0.15) is 0 Å². The molecule has 0 unspecified atom stereocenters. The average Bonchev–Trinajstić information content (AvgIpc) is 2.43. The average molecular weight is 143 g/mol. The third kappa shape index (κ3) is 1.68. The van der Waals surface area contributed by atoms with E-state index in [4.69, 9.17) is 0 Å². The lowest BCUT2D eigenvalue weighted by Gasteiger charge is -2.28. The van der Waals surface area contributed by atoms with Crippen molar-refractivity contribution in [1.82, 2.24) is 15.3 Å². The van der Waals surface area contributed by atoms with Crippen LogP contribution in [0.25, 0.3) is 0 Å². The van der Waals surface area contributed by atoms with Gasteiger partial charge in [0, 0.05) is 26.2 Å². The molecule has 0 amide bonds. The minimum atomic E-state index is 1.03. The Kier molecular flexibility index (Phi) is 3.12. The molecule has 0 bridgehead atoms. The minimum Gasteiger partial charge on any atom is -0.302 e. The fourth-order valence-electron chi connectivity index (χ4n) is 1.36. The summed E-state index contributed by atoms with van der Waals surface area (Å²) in [5, 5.41) is 8.03. The summed E-state index contributed by atoms with van der Waals surface area (Å²) in [6.07, 6.45) is 0. The van der Waals surface area contributed by atoms with Crippen molar-refractivity contribution in [2.24, 2.45) is 0 Å². The standard InChI is InChI=1S/C7H17N3/c1-3-9(4-2)10-6-5-8-7-10/h8H,3-7H2,1-2H3. The van der Waals surface area contributed by atoms with Gasteiger partial charge < -0.3 is 5.32 Å². The van der Waals surface area contributed by atoms with E-state index in [9.17, 15) is 0 Å². The van der Waals surface area contributed by atoms with Gasteiger partial charge in [-0.3, -0.25) is 0 Å². The van der Waals surface area contributed by atoms with E-state index in [1.165, 1.54) is 6.54 Å². The molecule has 1 aliphatic heterocycles. The molecule has 0 spiro atoms. The van der Waals surface area contributed by atoms with Crippen molar-refractivity contribution in [3.63, 3.8) is 0 Å². The molecule has 1 rings (SSSR count). The quantitative estimate of drug-likeness (QED) is 0.605. The summed E-state index contributed by atoms with van der Waals surface area (Å²) in [4.78, 5) is 0. The maximum Gasteiger partial charge on any atom is 0.0624 e. The number of rotatable bonds is 3. The highest BCUT2D eigenvalue weighted by atomic mass is 15.7. The van der Waals surface area contributed by atoms with Crippen LogP contribution in [0.5, 0.6) is 0 Å². The molecule has 1 saturated heterocycles. The number of hydrazine groups is 1. The molecule has 3 heteroatoms. The number of nitrogens with one attached hydrogen (secondary N) is 1. The lowest BCUT2D eigenvalue weighted by atomic mass is 10.6. The normalized spacial score (nSPS) is 20.7. The SMILES string of the molecule is CCN(CC)N1CCNC1. The Morgan fingerprint density at radius 1 is 1.40 bits per heavy atom. The summed E-state index contributed by atoms with van der Waals surface area (Å²) in [5.41, 5.74) is 0. The molecule has 0 aromatic heterocycles. The van der Waals surface area contributed by atoms with Gasteiger partial charge in [0.2, 0.25) is 0 Å². The van der Waals surface area contributed by atoms with Crippen LogP contribution >= 0.6 is 0 Å². The van der Waals surface area contributed by atoms with E-state index in [0.29, 0.717) is 0 Å². The molecule has 3 nitrogen and oxygen atoms in total. The van der Waals surface area contributed by atoms with Crippen molar-refractivity contribution >= 4 is 0 Å². The Morgan fingerprint density at radius 3 is 2.50 bits per heavy atom. The topological polar surface area (TPSA) is 18.5 Å². The Balaban J connectivity index is 2.29. The molecule has 0 aromatic rings. The molecule has 1 N–H and O–H groups in total. The van der Waals surface area contributed by atoms with Crippen molar-refractivity contribution in [1.29, 1.82) is 0 Å². The molecule has 60 valence electrons. The second kappa shape index (κ2) is 3.91. The van der Waals surface area contributed by atoms with Crippen molar-refractivity contribution < 1.29 is 0 Å². The van der Waals surface area contributed by atoms with E-state index >= 15 is 0 Å². The van der Waals surface area contributed by atoms with E-state index in [-0.39, 0.29) is 0 Å². The van der Waals surface area contributed by atoms with Crippen LogP contribution in [0.15, 0.2) is 0 Å². The van der Waals surface area contributed by atoms with Crippen LogP contribution in [0.3, 0.4) is 0 Å². The molecular weight excluding hydrogens is 126 g/mol. The lowest BCUT2D eigenvalue weighted by molar-refractivity contribution is 0.00615. The third-order valence-electron chi connectivity index (χ3n) is 1.97. The van der Waals surface area contributed by atoms with Gasteiger partial charge >= 0.3 is 0 Å². The zero-order valence-corrected chi connectivity index (χ0v) is 6.93. The highest BCUT2D eigenvalue weighted by molar-refractivity contribution is 4.63. The second-order valence-corrected chi connectivity index (χ2v) is 2.53. The molecule has 10 heavy (non-hydrogen) atoms. The Labute approximate surface area is 63.0 Å². The van der Waals surface area contributed by atoms with Gasteiger partial charge in [-0.1, -0.05) is 13.8 Å². The Hall–Kier alpha value is -0.120. The first-order valence-corrected chi connectivity index (χ1v) is 4.09. The maximum atomic E-state index is 3.31. The van der Waals surface area contributed by atoms with E-state index in [0.717, 1.165) is 26.3 Å². The van der Waals surface area contributed by atoms with Crippen LogP contribution < -0.4 is 5.32 Å². The molecule has 0 atom stereocenters. The summed E-state index contributed by atoms with van der Waals surface area (Å²) in [5.74, 6) is 0. The number of hydrogen-bond donors (Lipinski definition) is 1. The lowest BCUT2D eigenvalue weighted by Crippen LogP contribution is -2.41. The Morgan fingerprint density at radius 2 is 2.10 bits per heavy atom. The fraction of sp³-hybridized carbons (Fsp3) is 1.00. The van der Waals surface area contributed by atoms with Crippen molar-refractivity contribution in [2.75, 3.05) is 32.8 Å². The Bertz CT molecular complexity index is 84.9.